The van der Waals surface area contributed by atoms with E-state index < -0.39 is 0 Å². The van der Waals surface area contributed by atoms with Gasteiger partial charge >= 0.3 is 0 Å². The quantitative estimate of drug-likeness (QED) is 0.705. The standard InChI is InChI=1S/C14H23NO2/c1-4-13(15-10-11-17-5-2)12-8-6-7-9-14(12)16-3/h6-9,13,15H,4-5,10-11H2,1-3H3. The van der Waals surface area contributed by atoms with Gasteiger partial charge in [-0.05, 0) is 19.4 Å². The van der Waals surface area contributed by atoms with Gasteiger partial charge in [-0.15, -0.1) is 0 Å². The van der Waals surface area contributed by atoms with Crippen LogP contribution in [0.5, 0.6) is 5.75 Å². The van der Waals surface area contributed by atoms with E-state index in [4.69, 9.17) is 9.47 Å². The second kappa shape index (κ2) is 8.09. The molecule has 3 heteroatoms. The van der Waals surface area contributed by atoms with E-state index in [1.54, 1.807) is 7.11 Å². The average molecular weight is 237 g/mol. The van der Waals surface area contributed by atoms with Gasteiger partial charge in [0.25, 0.3) is 0 Å². The van der Waals surface area contributed by atoms with Gasteiger partial charge in [0.2, 0.25) is 0 Å². The highest BCUT2D eigenvalue weighted by atomic mass is 16.5. The minimum atomic E-state index is 0.326. The van der Waals surface area contributed by atoms with Gasteiger partial charge in [-0.25, -0.2) is 0 Å². The van der Waals surface area contributed by atoms with Gasteiger partial charge in [-0.1, -0.05) is 25.1 Å². The van der Waals surface area contributed by atoms with Crippen molar-refractivity contribution in [2.45, 2.75) is 26.3 Å². The van der Waals surface area contributed by atoms with E-state index in [0.717, 1.165) is 31.9 Å². The van der Waals surface area contributed by atoms with Gasteiger partial charge in [0.15, 0.2) is 0 Å². The SMILES string of the molecule is CCOCCNC(CC)c1ccccc1OC. The molecule has 1 atom stereocenters. The summed E-state index contributed by atoms with van der Waals surface area (Å²) in [6, 6.07) is 8.48. The lowest BCUT2D eigenvalue weighted by molar-refractivity contribution is 0.146. The number of rotatable bonds is 8. The van der Waals surface area contributed by atoms with Gasteiger partial charge in [-0.3, -0.25) is 0 Å². The Labute approximate surface area is 104 Å². The predicted molar refractivity (Wildman–Crippen MR) is 70.5 cm³/mol. The Morgan fingerprint density at radius 3 is 2.65 bits per heavy atom. The van der Waals surface area contributed by atoms with Crippen LogP contribution in [-0.4, -0.2) is 26.9 Å². The van der Waals surface area contributed by atoms with Crippen LogP contribution >= 0.6 is 0 Å². The molecule has 3 nitrogen and oxygen atoms in total. The minimum Gasteiger partial charge on any atom is -0.496 e. The van der Waals surface area contributed by atoms with E-state index in [9.17, 15) is 0 Å². The van der Waals surface area contributed by atoms with Crippen LogP contribution in [0.1, 0.15) is 31.9 Å². The van der Waals surface area contributed by atoms with E-state index in [0.29, 0.717) is 6.04 Å². The Balaban J connectivity index is 2.59. The summed E-state index contributed by atoms with van der Waals surface area (Å²) < 4.78 is 10.7. The molecular weight excluding hydrogens is 214 g/mol. The molecule has 0 amide bonds. The fourth-order valence-corrected chi connectivity index (χ4v) is 1.88. The maximum Gasteiger partial charge on any atom is 0.123 e. The Kier molecular flexibility index (Phi) is 6.67. The highest BCUT2D eigenvalue weighted by molar-refractivity contribution is 5.35. The first-order chi connectivity index (χ1) is 8.33. The molecule has 1 aromatic carbocycles. The van der Waals surface area contributed by atoms with Crippen molar-refractivity contribution in [3.8, 4) is 5.75 Å². The van der Waals surface area contributed by atoms with E-state index in [1.165, 1.54) is 5.56 Å². The summed E-state index contributed by atoms with van der Waals surface area (Å²) >= 11 is 0. The third-order valence-electron chi connectivity index (χ3n) is 2.76. The van der Waals surface area contributed by atoms with Gasteiger partial charge in [0.1, 0.15) is 5.75 Å². The number of hydrogen-bond donors (Lipinski definition) is 1. The zero-order chi connectivity index (χ0) is 12.5. The maximum atomic E-state index is 5.38. The smallest absolute Gasteiger partial charge is 0.123 e. The van der Waals surface area contributed by atoms with Gasteiger partial charge in [0, 0.05) is 24.8 Å². The van der Waals surface area contributed by atoms with E-state index in [-0.39, 0.29) is 0 Å². The fourth-order valence-electron chi connectivity index (χ4n) is 1.88. The lowest BCUT2D eigenvalue weighted by atomic mass is 10.0. The topological polar surface area (TPSA) is 30.5 Å². The number of hydrogen-bond acceptors (Lipinski definition) is 3. The molecule has 0 radical (unpaired) electrons. The van der Waals surface area contributed by atoms with E-state index in [1.807, 2.05) is 25.1 Å². The molecule has 1 N–H and O–H groups in total. The molecule has 0 aliphatic heterocycles. The molecule has 0 heterocycles. The lowest BCUT2D eigenvalue weighted by Crippen LogP contribution is -2.25. The molecule has 1 unspecified atom stereocenters. The Morgan fingerprint density at radius 2 is 2.00 bits per heavy atom. The number of ether oxygens (including phenoxy) is 2. The molecule has 17 heavy (non-hydrogen) atoms. The molecular formula is C14H23NO2. The highest BCUT2D eigenvalue weighted by Gasteiger charge is 2.12. The van der Waals surface area contributed by atoms with Crippen molar-refractivity contribution in [1.82, 2.24) is 5.32 Å². The average Bonchev–Trinajstić information content (AvgIpc) is 2.39. The van der Waals surface area contributed by atoms with Gasteiger partial charge in [0.05, 0.1) is 13.7 Å². The molecule has 0 saturated carbocycles. The van der Waals surface area contributed by atoms with Crippen LogP contribution < -0.4 is 10.1 Å². The fraction of sp³-hybridized carbons (Fsp3) is 0.571. The van der Waals surface area contributed by atoms with Crippen LogP contribution in [-0.2, 0) is 4.74 Å². The molecule has 0 aliphatic rings. The molecule has 0 aromatic heterocycles. The first-order valence-electron chi connectivity index (χ1n) is 6.27. The third kappa shape index (κ3) is 4.36. The van der Waals surface area contributed by atoms with Crippen LogP contribution in [0, 0.1) is 0 Å². The first kappa shape index (κ1) is 14.0. The molecule has 0 saturated heterocycles. The summed E-state index contributed by atoms with van der Waals surface area (Å²) in [7, 11) is 1.71. The monoisotopic (exact) mass is 237 g/mol. The molecule has 0 fully saturated rings. The first-order valence-corrected chi connectivity index (χ1v) is 6.27. The van der Waals surface area contributed by atoms with Gasteiger partial charge in [-0.2, -0.15) is 0 Å². The van der Waals surface area contributed by atoms with Crippen molar-refractivity contribution in [3.63, 3.8) is 0 Å². The Hall–Kier alpha value is -1.06. The molecule has 0 bridgehead atoms. The number of methoxy groups -OCH3 is 1. The van der Waals surface area contributed by atoms with Crippen molar-refractivity contribution in [1.29, 1.82) is 0 Å². The highest BCUT2D eigenvalue weighted by Crippen LogP contribution is 2.26. The molecule has 0 aliphatic carbocycles. The van der Waals surface area contributed by atoms with Crippen molar-refractivity contribution >= 4 is 0 Å². The molecule has 1 aromatic rings. The summed E-state index contributed by atoms with van der Waals surface area (Å²) in [5.41, 5.74) is 1.22. The predicted octanol–water partition coefficient (Wildman–Crippen LogP) is 2.77. The van der Waals surface area contributed by atoms with Crippen molar-refractivity contribution in [2.24, 2.45) is 0 Å². The van der Waals surface area contributed by atoms with Crippen LogP contribution in [0.15, 0.2) is 24.3 Å². The molecule has 0 spiro atoms. The lowest BCUT2D eigenvalue weighted by Gasteiger charge is -2.19. The van der Waals surface area contributed by atoms with Crippen LogP contribution in [0.25, 0.3) is 0 Å². The normalized spacial score (nSPS) is 12.4. The van der Waals surface area contributed by atoms with Crippen molar-refractivity contribution in [3.05, 3.63) is 29.8 Å². The van der Waals surface area contributed by atoms with E-state index in [2.05, 4.69) is 18.3 Å². The van der Waals surface area contributed by atoms with Crippen molar-refractivity contribution in [2.75, 3.05) is 26.9 Å². The number of para-hydroxylation sites is 1. The Bertz CT molecular complexity index is 315. The zero-order valence-electron chi connectivity index (χ0n) is 11.0. The maximum absolute atomic E-state index is 5.38. The Morgan fingerprint density at radius 1 is 1.24 bits per heavy atom. The summed E-state index contributed by atoms with van der Waals surface area (Å²) in [6.07, 6.45) is 1.03. The molecule has 96 valence electrons. The largest absolute Gasteiger partial charge is 0.496 e. The second-order valence-corrected chi connectivity index (χ2v) is 3.85. The second-order valence-electron chi connectivity index (χ2n) is 3.85. The summed E-state index contributed by atoms with van der Waals surface area (Å²) in [5.74, 6) is 0.947. The van der Waals surface area contributed by atoms with Crippen LogP contribution in [0.4, 0.5) is 0 Å². The minimum absolute atomic E-state index is 0.326. The van der Waals surface area contributed by atoms with Crippen LogP contribution in [0.3, 0.4) is 0 Å². The third-order valence-corrected chi connectivity index (χ3v) is 2.76. The summed E-state index contributed by atoms with van der Waals surface area (Å²) in [6.45, 7) is 6.57. The van der Waals surface area contributed by atoms with Gasteiger partial charge < -0.3 is 14.8 Å². The zero-order valence-corrected chi connectivity index (χ0v) is 11.0. The summed E-state index contributed by atoms with van der Waals surface area (Å²) in [4.78, 5) is 0. The van der Waals surface area contributed by atoms with Crippen molar-refractivity contribution < 1.29 is 9.47 Å². The number of nitrogens with one attached hydrogen (secondary N) is 1. The number of benzene rings is 1. The van der Waals surface area contributed by atoms with Crippen LogP contribution in [0.2, 0.25) is 0 Å². The van der Waals surface area contributed by atoms with E-state index >= 15 is 0 Å². The summed E-state index contributed by atoms with van der Waals surface area (Å²) in [5, 5.41) is 3.49. The molecule has 1 rings (SSSR count).